The van der Waals surface area contributed by atoms with Crippen LogP contribution in [0.5, 0.6) is 0 Å². The average molecular weight is 1150 g/mol. The fourth-order valence-corrected chi connectivity index (χ4v) is 15.6. The van der Waals surface area contributed by atoms with E-state index in [1.165, 1.54) is 80.0 Å². The van der Waals surface area contributed by atoms with E-state index >= 15 is 0 Å². The minimum atomic E-state index is 0.837. The van der Waals surface area contributed by atoms with E-state index in [2.05, 4.69) is 286 Å². The van der Waals surface area contributed by atoms with Crippen LogP contribution in [0.15, 0.2) is 292 Å². The molecule has 0 aliphatic rings. The molecule has 0 unspecified atom stereocenters. The van der Waals surface area contributed by atoms with Gasteiger partial charge in [-0.1, -0.05) is 182 Å². The number of aromatic nitrogens is 6. The SMILES string of the molecule is c1ccc(-c2cccc3c2c2cc4ccccc4cc2n3-c2ccc(-c3cc(-c4ccc(-c5cccc6c5c5cc7ccccc7cc5n6-c5ccc(-c6ccc7sc8ccccc8c7c6)c6cnncc56)cc4)cc4ccccc34)c3nccnc23)cc1. The second-order valence-corrected chi connectivity index (χ2v) is 24.4. The monoisotopic (exact) mass is 1150 g/mol. The van der Waals surface area contributed by atoms with E-state index in [-0.39, 0.29) is 0 Å². The summed E-state index contributed by atoms with van der Waals surface area (Å²) >= 11 is 1.84. The maximum absolute atomic E-state index is 5.21. The van der Waals surface area contributed by atoms with Crippen LogP contribution in [0.2, 0.25) is 0 Å². The third kappa shape index (κ3) is 7.62. The van der Waals surface area contributed by atoms with Crippen LogP contribution in [0.25, 0.3) is 185 Å². The molecular formula is C82H48N6S. The first-order valence-electron chi connectivity index (χ1n) is 30.1. The van der Waals surface area contributed by atoms with Crippen LogP contribution in [0.4, 0.5) is 0 Å². The summed E-state index contributed by atoms with van der Waals surface area (Å²) in [6.45, 7) is 0. The van der Waals surface area contributed by atoms with E-state index in [0.29, 0.717) is 0 Å². The number of rotatable bonds is 7. The molecule has 89 heavy (non-hydrogen) atoms. The normalized spacial score (nSPS) is 12.0. The summed E-state index contributed by atoms with van der Waals surface area (Å²) in [6.07, 6.45) is 7.52. The van der Waals surface area contributed by atoms with Crippen LogP contribution in [0, 0.1) is 0 Å². The molecule has 0 amide bonds. The van der Waals surface area contributed by atoms with Crippen LogP contribution in [-0.2, 0) is 0 Å². The number of hydrogen-bond acceptors (Lipinski definition) is 5. The number of fused-ring (bicyclic) bond motifs is 14. The molecule has 0 atom stereocenters. The Morgan fingerprint density at radius 2 is 0.798 bits per heavy atom. The zero-order chi connectivity index (χ0) is 58.3. The van der Waals surface area contributed by atoms with Crippen LogP contribution in [-0.4, -0.2) is 29.3 Å². The molecule has 412 valence electrons. The highest BCUT2D eigenvalue weighted by atomic mass is 32.1. The summed E-state index contributed by atoms with van der Waals surface area (Å²) in [4.78, 5) is 10.4. The van der Waals surface area contributed by atoms with E-state index in [4.69, 9.17) is 9.97 Å². The van der Waals surface area contributed by atoms with Crippen molar-refractivity contribution in [1.82, 2.24) is 29.3 Å². The van der Waals surface area contributed by atoms with Crippen molar-refractivity contribution in [2.45, 2.75) is 0 Å². The van der Waals surface area contributed by atoms with Gasteiger partial charge >= 0.3 is 0 Å². The van der Waals surface area contributed by atoms with E-state index < -0.39 is 0 Å². The molecule has 19 rings (SSSR count). The number of nitrogens with zero attached hydrogens (tertiary/aromatic N) is 6. The molecule has 0 saturated carbocycles. The van der Waals surface area contributed by atoms with Gasteiger partial charge in [-0.3, -0.25) is 9.97 Å². The Morgan fingerprint density at radius 3 is 1.51 bits per heavy atom. The molecule has 0 spiro atoms. The van der Waals surface area contributed by atoms with Crippen LogP contribution < -0.4 is 0 Å². The van der Waals surface area contributed by atoms with Gasteiger partial charge < -0.3 is 9.13 Å². The van der Waals surface area contributed by atoms with E-state index in [1.54, 1.807) is 0 Å². The van der Waals surface area contributed by atoms with E-state index in [1.807, 2.05) is 36.1 Å². The Labute approximate surface area is 514 Å². The Bertz CT molecular complexity index is 6170. The van der Waals surface area contributed by atoms with Gasteiger partial charge in [0, 0.05) is 70.4 Å². The van der Waals surface area contributed by atoms with Crippen molar-refractivity contribution in [1.29, 1.82) is 0 Å². The molecule has 5 aromatic heterocycles. The molecular weight excluding hydrogens is 1100 g/mol. The first kappa shape index (κ1) is 49.6. The summed E-state index contributed by atoms with van der Waals surface area (Å²) < 4.78 is 7.44. The van der Waals surface area contributed by atoms with E-state index in [0.717, 1.165) is 105 Å². The van der Waals surface area contributed by atoms with Crippen molar-refractivity contribution >= 4 is 129 Å². The number of thiophene rings is 1. The molecule has 6 nitrogen and oxygen atoms in total. The first-order chi connectivity index (χ1) is 44.1. The molecule has 14 aromatic carbocycles. The maximum atomic E-state index is 5.21. The van der Waals surface area contributed by atoms with E-state index in [9.17, 15) is 0 Å². The van der Waals surface area contributed by atoms with Crippen LogP contribution >= 0.6 is 11.3 Å². The van der Waals surface area contributed by atoms with Gasteiger partial charge in [0.15, 0.2) is 0 Å². The molecule has 0 saturated heterocycles. The molecule has 0 N–H and O–H groups in total. The van der Waals surface area contributed by atoms with Crippen molar-refractivity contribution in [2.75, 3.05) is 0 Å². The van der Waals surface area contributed by atoms with Gasteiger partial charge in [0.1, 0.15) is 5.52 Å². The fourth-order valence-electron chi connectivity index (χ4n) is 14.5. The first-order valence-corrected chi connectivity index (χ1v) is 31.0. The molecule has 0 aliphatic carbocycles. The Hall–Kier alpha value is -11.6. The molecule has 0 bridgehead atoms. The maximum Gasteiger partial charge on any atom is 0.113 e. The summed E-state index contributed by atoms with van der Waals surface area (Å²) in [6, 6.07) is 98.1. The quantitative estimate of drug-likeness (QED) is 0.160. The minimum absolute atomic E-state index is 0.837. The highest BCUT2D eigenvalue weighted by molar-refractivity contribution is 7.25. The van der Waals surface area contributed by atoms with Gasteiger partial charge in [-0.25, -0.2) is 0 Å². The highest BCUT2D eigenvalue weighted by Crippen LogP contribution is 2.47. The topological polar surface area (TPSA) is 61.4 Å². The zero-order valence-corrected chi connectivity index (χ0v) is 48.6. The fraction of sp³-hybridized carbons (Fsp3) is 0. The Morgan fingerprint density at radius 1 is 0.258 bits per heavy atom. The van der Waals surface area contributed by atoms with Gasteiger partial charge in [0.05, 0.1) is 51.4 Å². The third-order valence-electron chi connectivity index (χ3n) is 18.6. The van der Waals surface area contributed by atoms with Crippen molar-refractivity contribution in [3.05, 3.63) is 292 Å². The van der Waals surface area contributed by atoms with Gasteiger partial charge in [-0.05, 0) is 167 Å². The molecule has 0 fully saturated rings. The summed E-state index contributed by atoms with van der Waals surface area (Å²) in [5, 5.41) is 25.6. The summed E-state index contributed by atoms with van der Waals surface area (Å²) in [5.74, 6) is 0. The summed E-state index contributed by atoms with van der Waals surface area (Å²) in [7, 11) is 0. The van der Waals surface area contributed by atoms with Crippen LogP contribution in [0.1, 0.15) is 0 Å². The smallest absolute Gasteiger partial charge is 0.113 e. The molecule has 0 radical (unpaired) electrons. The lowest BCUT2D eigenvalue weighted by atomic mass is 9.91. The molecule has 19 aromatic rings. The highest BCUT2D eigenvalue weighted by Gasteiger charge is 2.24. The third-order valence-corrected chi connectivity index (χ3v) is 19.7. The number of benzene rings is 14. The molecule has 0 aliphatic heterocycles. The van der Waals surface area contributed by atoms with Crippen molar-refractivity contribution < 1.29 is 0 Å². The standard InChI is InChI=1S/C82H48N6S/c1-2-14-50(15-3-1)61-23-12-26-73-79(61)68-42-53-17-5-7-19-55(53)46-76(68)88(73)74-36-34-64(81-82(74)84-39-38-83-81)65-44-58(40-56-20-8-9-21-59(56)65)49-28-30-51(31-29-49)62-24-13-25-72-80(62)67-41-52-16-4-6-18-54(52)45-75(67)87(72)71-35-33-60(69-47-85-86-48-70(69)71)57-32-37-78-66(43-57)63-22-10-11-27-77(63)89-78/h1-48H. The van der Waals surface area contributed by atoms with Crippen molar-refractivity contribution in [3.8, 4) is 67.0 Å². The van der Waals surface area contributed by atoms with Gasteiger partial charge in [0.2, 0.25) is 0 Å². The Balaban J connectivity index is 0.747. The zero-order valence-electron chi connectivity index (χ0n) is 47.8. The molecule has 5 heterocycles. The van der Waals surface area contributed by atoms with Gasteiger partial charge in [-0.15, -0.1) is 11.3 Å². The lowest BCUT2D eigenvalue weighted by molar-refractivity contribution is 1.05. The molecule has 7 heteroatoms. The second-order valence-electron chi connectivity index (χ2n) is 23.3. The van der Waals surface area contributed by atoms with Crippen LogP contribution in [0.3, 0.4) is 0 Å². The second kappa shape index (κ2) is 19.4. The Kier molecular flexibility index (Phi) is 10.8. The van der Waals surface area contributed by atoms with Gasteiger partial charge in [-0.2, -0.15) is 10.2 Å². The summed E-state index contributed by atoms with van der Waals surface area (Å²) in [5.41, 5.74) is 19.6. The minimum Gasteiger partial charge on any atom is -0.309 e. The van der Waals surface area contributed by atoms with Crippen molar-refractivity contribution in [3.63, 3.8) is 0 Å². The van der Waals surface area contributed by atoms with Gasteiger partial charge in [0.25, 0.3) is 0 Å². The number of hydrogen-bond donors (Lipinski definition) is 0. The van der Waals surface area contributed by atoms with Crippen molar-refractivity contribution in [2.24, 2.45) is 0 Å². The average Bonchev–Trinajstić information content (AvgIpc) is 1.67. The lowest BCUT2D eigenvalue weighted by Crippen LogP contribution is -1.99. The predicted molar refractivity (Wildman–Crippen MR) is 374 cm³/mol. The largest absolute Gasteiger partial charge is 0.309 e. The predicted octanol–water partition coefficient (Wildman–Crippen LogP) is 21.9. The lowest BCUT2D eigenvalue weighted by Gasteiger charge is -2.16.